The lowest BCUT2D eigenvalue weighted by molar-refractivity contribution is 0.0946. The van der Waals surface area contributed by atoms with E-state index in [0.717, 1.165) is 11.4 Å². The number of anilines is 1. The summed E-state index contributed by atoms with van der Waals surface area (Å²) in [6.07, 6.45) is 1.53. The number of furan rings is 1. The highest BCUT2D eigenvalue weighted by molar-refractivity contribution is 5.92. The first kappa shape index (κ1) is 15.7. The van der Waals surface area contributed by atoms with Gasteiger partial charge in [0.1, 0.15) is 5.75 Å². The topological polar surface area (TPSA) is 89.5 Å². The van der Waals surface area contributed by atoms with Gasteiger partial charge in [-0.05, 0) is 36.4 Å². The van der Waals surface area contributed by atoms with Crippen molar-refractivity contribution in [2.45, 2.75) is 0 Å². The molecule has 0 aliphatic heterocycles. The molecule has 0 fully saturated rings. The molecule has 1 amide bonds. The Bertz CT molecular complexity index is 779. The van der Waals surface area contributed by atoms with Gasteiger partial charge >= 0.3 is 0 Å². The van der Waals surface area contributed by atoms with Crippen molar-refractivity contribution < 1.29 is 18.5 Å². The molecule has 0 bridgehead atoms. The molecule has 124 valence electrons. The minimum Gasteiger partial charge on any atom is -0.497 e. The second-order valence-electron chi connectivity index (χ2n) is 4.96. The molecule has 0 aliphatic carbocycles. The first-order chi connectivity index (χ1) is 11.8. The smallest absolute Gasteiger partial charge is 0.273 e. The summed E-state index contributed by atoms with van der Waals surface area (Å²) in [6, 6.07) is 12.6. The molecule has 0 radical (unpaired) electrons. The number of benzene rings is 1. The Hall–Kier alpha value is -3.22. The van der Waals surface area contributed by atoms with E-state index in [9.17, 15) is 4.79 Å². The SMILES string of the molecule is COc1ccc(NCCNC(=O)c2cc(-c3ccco3)on2)cc1. The third-order valence-electron chi connectivity index (χ3n) is 3.34. The zero-order valence-corrected chi connectivity index (χ0v) is 13.1. The fourth-order valence-corrected chi connectivity index (χ4v) is 2.10. The number of carbonyl (C=O) groups is 1. The van der Waals surface area contributed by atoms with Gasteiger partial charge in [-0.1, -0.05) is 5.16 Å². The summed E-state index contributed by atoms with van der Waals surface area (Å²) in [5, 5.41) is 9.72. The van der Waals surface area contributed by atoms with Crippen LogP contribution in [0.1, 0.15) is 10.5 Å². The lowest BCUT2D eigenvalue weighted by atomic mass is 10.3. The Labute approximate surface area is 138 Å². The summed E-state index contributed by atoms with van der Waals surface area (Å²) in [7, 11) is 1.62. The summed E-state index contributed by atoms with van der Waals surface area (Å²) >= 11 is 0. The van der Waals surface area contributed by atoms with E-state index in [1.54, 1.807) is 25.3 Å². The first-order valence-electron chi connectivity index (χ1n) is 7.43. The molecule has 2 N–H and O–H groups in total. The van der Waals surface area contributed by atoms with Gasteiger partial charge in [-0.3, -0.25) is 4.79 Å². The fraction of sp³-hybridized carbons (Fsp3) is 0.176. The number of methoxy groups -OCH3 is 1. The number of hydrogen-bond acceptors (Lipinski definition) is 6. The van der Waals surface area contributed by atoms with Gasteiger partial charge in [0.05, 0.1) is 13.4 Å². The number of amides is 1. The predicted molar refractivity (Wildman–Crippen MR) is 88.0 cm³/mol. The monoisotopic (exact) mass is 327 g/mol. The minimum atomic E-state index is -0.298. The van der Waals surface area contributed by atoms with Crippen LogP contribution in [0, 0.1) is 0 Å². The third kappa shape index (κ3) is 3.75. The summed E-state index contributed by atoms with van der Waals surface area (Å²) in [5.41, 5.74) is 1.16. The van der Waals surface area contributed by atoms with Crippen LogP contribution in [0.2, 0.25) is 0 Å². The number of carbonyl (C=O) groups excluding carboxylic acids is 1. The van der Waals surface area contributed by atoms with E-state index in [1.807, 2.05) is 24.3 Å². The normalized spacial score (nSPS) is 10.4. The maximum absolute atomic E-state index is 12.0. The van der Waals surface area contributed by atoms with Gasteiger partial charge < -0.3 is 24.3 Å². The Morgan fingerprint density at radius 3 is 2.71 bits per heavy atom. The summed E-state index contributed by atoms with van der Waals surface area (Å²) in [5.74, 6) is 1.45. The molecule has 3 aromatic rings. The molecule has 0 spiro atoms. The molecule has 0 unspecified atom stereocenters. The van der Waals surface area contributed by atoms with Gasteiger partial charge in [0.25, 0.3) is 5.91 Å². The van der Waals surface area contributed by atoms with Crippen molar-refractivity contribution in [1.29, 1.82) is 0 Å². The molecule has 2 heterocycles. The molecule has 3 rings (SSSR count). The lowest BCUT2D eigenvalue weighted by Crippen LogP contribution is -2.28. The van der Waals surface area contributed by atoms with Crippen molar-refractivity contribution >= 4 is 11.6 Å². The molecule has 7 heteroatoms. The van der Waals surface area contributed by atoms with Gasteiger partial charge in [-0.2, -0.15) is 0 Å². The number of aromatic nitrogens is 1. The highest BCUT2D eigenvalue weighted by atomic mass is 16.5. The van der Waals surface area contributed by atoms with Crippen molar-refractivity contribution in [2.75, 3.05) is 25.5 Å². The van der Waals surface area contributed by atoms with E-state index >= 15 is 0 Å². The van der Waals surface area contributed by atoms with Crippen molar-refractivity contribution in [2.24, 2.45) is 0 Å². The average Bonchev–Trinajstić information content (AvgIpc) is 3.30. The van der Waals surface area contributed by atoms with E-state index in [4.69, 9.17) is 13.7 Å². The summed E-state index contributed by atoms with van der Waals surface area (Å²) in [4.78, 5) is 12.0. The number of ether oxygens (including phenoxy) is 1. The zero-order valence-electron chi connectivity index (χ0n) is 13.1. The molecule has 0 saturated carbocycles. The zero-order chi connectivity index (χ0) is 16.8. The fourth-order valence-electron chi connectivity index (χ4n) is 2.10. The van der Waals surface area contributed by atoms with Crippen LogP contribution in [0.3, 0.4) is 0 Å². The third-order valence-corrected chi connectivity index (χ3v) is 3.34. The molecule has 0 saturated heterocycles. The van der Waals surface area contributed by atoms with Crippen LogP contribution in [0.25, 0.3) is 11.5 Å². The molecule has 0 aliphatic rings. The van der Waals surface area contributed by atoms with E-state index in [2.05, 4.69) is 15.8 Å². The van der Waals surface area contributed by atoms with Crippen molar-refractivity contribution in [3.8, 4) is 17.3 Å². The van der Waals surface area contributed by atoms with Crippen LogP contribution in [0.5, 0.6) is 5.75 Å². The van der Waals surface area contributed by atoms with Crippen molar-refractivity contribution in [3.05, 3.63) is 54.4 Å². The van der Waals surface area contributed by atoms with Gasteiger partial charge in [0.2, 0.25) is 5.76 Å². The highest BCUT2D eigenvalue weighted by Gasteiger charge is 2.14. The summed E-state index contributed by atoms with van der Waals surface area (Å²) < 4.78 is 15.4. The Morgan fingerprint density at radius 1 is 1.17 bits per heavy atom. The van der Waals surface area contributed by atoms with Gasteiger partial charge in [-0.15, -0.1) is 0 Å². The Morgan fingerprint density at radius 2 is 2.00 bits per heavy atom. The average molecular weight is 327 g/mol. The molecule has 1 aromatic carbocycles. The van der Waals surface area contributed by atoms with Crippen LogP contribution in [0.4, 0.5) is 5.69 Å². The van der Waals surface area contributed by atoms with Crippen LogP contribution < -0.4 is 15.4 Å². The van der Waals surface area contributed by atoms with Crippen LogP contribution in [-0.2, 0) is 0 Å². The molecule has 0 atom stereocenters. The van der Waals surface area contributed by atoms with Crippen molar-refractivity contribution in [1.82, 2.24) is 10.5 Å². The van der Waals surface area contributed by atoms with E-state index in [1.165, 1.54) is 6.26 Å². The standard InChI is InChI=1S/C17H17N3O4/c1-22-13-6-4-12(5-7-13)18-8-9-19-17(21)14-11-16(24-20-14)15-3-2-10-23-15/h2-7,10-11,18H,8-9H2,1H3,(H,19,21). The van der Waals surface area contributed by atoms with Gasteiger partial charge in [0.15, 0.2) is 11.5 Å². The number of nitrogens with one attached hydrogen (secondary N) is 2. The molecular formula is C17H17N3O4. The maximum Gasteiger partial charge on any atom is 0.273 e. The largest absolute Gasteiger partial charge is 0.497 e. The number of rotatable bonds is 7. The number of hydrogen-bond donors (Lipinski definition) is 2. The first-order valence-corrected chi connectivity index (χ1v) is 7.43. The molecule has 24 heavy (non-hydrogen) atoms. The Balaban J connectivity index is 1.45. The van der Waals surface area contributed by atoms with E-state index in [0.29, 0.717) is 24.6 Å². The number of nitrogens with zero attached hydrogens (tertiary/aromatic N) is 1. The highest BCUT2D eigenvalue weighted by Crippen LogP contribution is 2.20. The second-order valence-corrected chi connectivity index (χ2v) is 4.96. The quantitative estimate of drug-likeness (QED) is 0.649. The van der Waals surface area contributed by atoms with Crippen molar-refractivity contribution in [3.63, 3.8) is 0 Å². The minimum absolute atomic E-state index is 0.214. The molecule has 7 nitrogen and oxygen atoms in total. The maximum atomic E-state index is 12.0. The summed E-state index contributed by atoms with van der Waals surface area (Å²) in [6.45, 7) is 1.04. The second kappa shape index (κ2) is 7.36. The van der Waals surface area contributed by atoms with E-state index in [-0.39, 0.29) is 11.6 Å². The molecule has 2 aromatic heterocycles. The van der Waals surface area contributed by atoms with E-state index < -0.39 is 0 Å². The predicted octanol–water partition coefficient (Wildman–Crippen LogP) is 2.79. The Kier molecular flexibility index (Phi) is 4.81. The van der Waals surface area contributed by atoms with Crippen LogP contribution in [-0.4, -0.2) is 31.3 Å². The van der Waals surface area contributed by atoms with Gasteiger partial charge in [-0.25, -0.2) is 0 Å². The van der Waals surface area contributed by atoms with Crippen LogP contribution >= 0.6 is 0 Å². The van der Waals surface area contributed by atoms with Crippen LogP contribution in [0.15, 0.2) is 57.7 Å². The van der Waals surface area contributed by atoms with Gasteiger partial charge in [0, 0.05) is 24.8 Å². The molecular weight excluding hydrogens is 310 g/mol. The lowest BCUT2D eigenvalue weighted by Gasteiger charge is -2.07.